The standard InChI is InChI=1S/C3H16I3N3O6P3/c1-4-10-17(5(2)11-7)12-6(3)18(14-9)15-16-13-8/h16H,7-9H2,1-3H3/q-1. The number of hydrogen-bond acceptors (Lipinski definition) is 9. The molecule has 0 saturated heterocycles. The molecule has 0 aliphatic heterocycles. The summed E-state index contributed by atoms with van der Waals surface area (Å²) in [4.78, 5) is 5.86. The fourth-order valence-corrected chi connectivity index (χ4v) is 32.6. The predicted octanol–water partition coefficient (Wildman–Crippen LogP) is -0.594. The fourth-order valence-electron chi connectivity index (χ4n) is 0.452. The molecule has 3 unspecified atom stereocenters. The average molecular weight is 664 g/mol. The quantitative estimate of drug-likeness (QED) is 0.115. The van der Waals surface area contributed by atoms with Crippen molar-refractivity contribution < 1.29 is 44.1 Å². The number of alkyl halides is 3. The van der Waals surface area contributed by atoms with Gasteiger partial charge in [0.25, 0.3) is 0 Å². The fraction of sp³-hybridized carbons (Fsp3) is 1.00. The summed E-state index contributed by atoms with van der Waals surface area (Å²) in [5, 5.41) is 0. The molecule has 0 saturated carbocycles. The summed E-state index contributed by atoms with van der Waals surface area (Å²) >= 11 is -4.21. The van der Waals surface area contributed by atoms with Crippen LogP contribution in [0.5, 0.6) is 0 Å². The zero-order valence-corrected chi connectivity index (χ0v) is 19.0. The van der Waals surface area contributed by atoms with Crippen LogP contribution in [0.1, 0.15) is 0 Å². The molecule has 0 rings (SSSR count). The topological polar surface area (TPSA) is 133 Å². The van der Waals surface area contributed by atoms with Crippen LogP contribution in [0, 0.1) is 0 Å². The minimum absolute atomic E-state index is 0.322. The molecule has 0 heterocycles. The zero-order valence-electron chi connectivity index (χ0n) is 9.71. The number of nitrogens with two attached hydrogens (primary N) is 3. The minimum atomic E-state index is -2.00. The number of halogens is 3. The van der Waals surface area contributed by atoms with Crippen molar-refractivity contribution in [2.45, 2.75) is 0 Å². The van der Waals surface area contributed by atoms with Gasteiger partial charge < -0.3 is 0 Å². The van der Waals surface area contributed by atoms with E-state index in [9.17, 15) is 0 Å². The number of rotatable bonds is 11. The second kappa shape index (κ2) is 13.8. The normalized spacial score (nSPS) is 17.2. The Labute approximate surface area is 135 Å². The molecule has 0 aliphatic rings. The number of hydrogen-bond donors (Lipinski definition) is 3. The van der Waals surface area contributed by atoms with Crippen molar-refractivity contribution in [1.29, 1.82) is 0 Å². The summed E-state index contributed by atoms with van der Waals surface area (Å²) in [6.45, 7) is 0. The van der Waals surface area contributed by atoms with Crippen LogP contribution >= 0.6 is 60.4 Å². The SMILES string of the molecule is C[I-]OP(OI(C)P(ON)OPON)I(C)ON. The van der Waals surface area contributed by atoms with Crippen LogP contribution < -0.4 is 39.3 Å². The maximum absolute atomic E-state index is 5.89. The van der Waals surface area contributed by atoms with Crippen molar-refractivity contribution in [1.82, 2.24) is 0 Å². The van der Waals surface area contributed by atoms with Gasteiger partial charge in [0.1, 0.15) is 0 Å². The van der Waals surface area contributed by atoms with Crippen molar-refractivity contribution in [2.75, 3.05) is 14.8 Å². The Morgan fingerprint density at radius 1 is 1.11 bits per heavy atom. The summed E-state index contributed by atoms with van der Waals surface area (Å²) in [6.07, 6.45) is 0. The van der Waals surface area contributed by atoms with Gasteiger partial charge >= 0.3 is 137 Å². The molecule has 0 bridgehead atoms. The van der Waals surface area contributed by atoms with Crippen LogP contribution in [0.3, 0.4) is 0 Å². The predicted molar refractivity (Wildman–Crippen MR) is 87.0 cm³/mol. The van der Waals surface area contributed by atoms with E-state index in [0.717, 1.165) is 0 Å². The van der Waals surface area contributed by atoms with Crippen molar-refractivity contribution in [3.63, 3.8) is 0 Å². The maximum atomic E-state index is 5.89. The van der Waals surface area contributed by atoms with E-state index in [1.54, 1.807) is 0 Å². The van der Waals surface area contributed by atoms with Crippen molar-refractivity contribution in [3.05, 3.63) is 0 Å². The van der Waals surface area contributed by atoms with Gasteiger partial charge in [0.2, 0.25) is 0 Å². The summed E-state index contributed by atoms with van der Waals surface area (Å²) in [5.74, 6) is 15.3. The van der Waals surface area contributed by atoms with E-state index in [4.69, 9.17) is 35.5 Å². The summed E-state index contributed by atoms with van der Waals surface area (Å²) in [5.41, 5.74) is 0. The molecule has 0 aromatic heterocycles. The Morgan fingerprint density at radius 2 is 1.78 bits per heavy atom. The van der Waals surface area contributed by atoms with E-state index in [1.165, 1.54) is 0 Å². The summed E-state index contributed by atoms with van der Waals surface area (Å²) in [6, 6.07) is -2.36. The third-order valence-electron chi connectivity index (χ3n) is 1.04. The Morgan fingerprint density at radius 3 is 2.22 bits per heavy atom. The Bertz CT molecular complexity index is 213. The average Bonchev–Trinajstić information content (AvgIpc) is 2.38. The van der Waals surface area contributed by atoms with Crippen LogP contribution in [-0.2, 0) is 22.4 Å². The van der Waals surface area contributed by atoms with Gasteiger partial charge in [0.05, 0.1) is 0 Å². The molecule has 0 aromatic carbocycles. The van der Waals surface area contributed by atoms with E-state index < -0.39 is 51.4 Å². The van der Waals surface area contributed by atoms with Crippen LogP contribution in [0.25, 0.3) is 0 Å². The first-order chi connectivity index (χ1) is 8.60. The molecule has 0 spiro atoms. The molecule has 3 atom stereocenters. The third kappa shape index (κ3) is 9.20. The molecular formula is C3H16I3N3O6P3-. The van der Waals surface area contributed by atoms with Gasteiger partial charge in [0, 0.05) is 0 Å². The summed E-state index contributed by atoms with van der Waals surface area (Å²) < 4.78 is 30.8. The van der Waals surface area contributed by atoms with E-state index >= 15 is 0 Å². The van der Waals surface area contributed by atoms with Crippen molar-refractivity contribution >= 4 is 60.4 Å². The Balaban J connectivity index is 4.31. The van der Waals surface area contributed by atoms with E-state index in [-0.39, 0.29) is 30.7 Å². The van der Waals surface area contributed by atoms with E-state index in [2.05, 4.69) is 4.62 Å². The van der Waals surface area contributed by atoms with Crippen LogP contribution in [-0.4, -0.2) is 14.8 Å². The Hall–Kier alpha value is 3.12. The van der Waals surface area contributed by atoms with E-state index in [0.29, 0.717) is 0 Å². The molecule has 9 nitrogen and oxygen atoms in total. The molecule has 6 N–H and O–H groups in total. The van der Waals surface area contributed by atoms with Gasteiger partial charge in [-0.3, -0.25) is 0 Å². The second-order valence-electron chi connectivity index (χ2n) is 1.99. The Kier molecular flexibility index (Phi) is 16.1. The van der Waals surface area contributed by atoms with Crippen molar-refractivity contribution in [3.8, 4) is 0 Å². The first kappa shape index (κ1) is 21.1. The molecule has 0 amide bonds. The van der Waals surface area contributed by atoms with Gasteiger partial charge in [-0.2, -0.15) is 0 Å². The molecule has 0 fully saturated rings. The second-order valence-corrected chi connectivity index (χ2v) is 23.8. The first-order valence-electron chi connectivity index (χ1n) is 3.78. The molecule has 15 heteroatoms. The summed E-state index contributed by atoms with van der Waals surface area (Å²) in [7, 11) is -0.322. The molecule has 0 radical (unpaired) electrons. The third-order valence-corrected chi connectivity index (χ3v) is 25.9. The molecule has 116 valence electrons. The molecule has 0 aliphatic carbocycles. The first-order valence-corrected chi connectivity index (χ1v) is 21.6. The van der Waals surface area contributed by atoms with Crippen molar-refractivity contribution in [2.24, 2.45) is 17.7 Å². The molecule has 0 aromatic rings. The van der Waals surface area contributed by atoms with E-state index in [1.807, 2.05) is 14.8 Å². The molecule has 18 heavy (non-hydrogen) atoms. The van der Waals surface area contributed by atoms with Gasteiger partial charge in [-0.05, 0) is 0 Å². The monoisotopic (exact) mass is 664 g/mol. The van der Waals surface area contributed by atoms with Gasteiger partial charge in [-0.25, -0.2) is 0 Å². The van der Waals surface area contributed by atoms with Gasteiger partial charge in [-0.15, -0.1) is 0 Å². The van der Waals surface area contributed by atoms with Crippen LogP contribution in [0.15, 0.2) is 0 Å². The van der Waals surface area contributed by atoms with Crippen LogP contribution in [0.4, 0.5) is 0 Å². The molecular weight excluding hydrogens is 648 g/mol. The zero-order chi connectivity index (χ0) is 14.0. The van der Waals surface area contributed by atoms with Gasteiger partial charge in [0.15, 0.2) is 0 Å². The van der Waals surface area contributed by atoms with Crippen LogP contribution in [0.2, 0.25) is 0 Å². The van der Waals surface area contributed by atoms with Gasteiger partial charge in [-0.1, -0.05) is 0 Å².